The van der Waals surface area contributed by atoms with Gasteiger partial charge in [-0.3, -0.25) is 4.79 Å². The van der Waals surface area contributed by atoms with Crippen LogP contribution < -0.4 is 5.32 Å². The summed E-state index contributed by atoms with van der Waals surface area (Å²) in [5, 5.41) is 4.49. The lowest BCUT2D eigenvalue weighted by Gasteiger charge is -2.08. The zero-order valence-electron chi connectivity index (χ0n) is 10.3. The van der Waals surface area contributed by atoms with E-state index in [0.717, 1.165) is 15.4 Å². The molecule has 0 saturated heterocycles. The lowest BCUT2D eigenvalue weighted by atomic mass is 10.1. The summed E-state index contributed by atoms with van der Waals surface area (Å²) < 4.78 is 0.747. The number of nitrogens with one attached hydrogen (secondary N) is 2. The largest absolute Gasteiger partial charge is 0.361 e. The number of aromatic amines is 1. The minimum Gasteiger partial charge on any atom is -0.361 e. The highest BCUT2D eigenvalue weighted by atomic mass is 79.9. The molecular weight excluding hydrogens is 340 g/mol. The highest BCUT2D eigenvalue weighted by Crippen LogP contribution is 2.27. The van der Waals surface area contributed by atoms with Crippen molar-refractivity contribution < 1.29 is 4.79 Å². The lowest BCUT2D eigenvalue weighted by molar-refractivity contribution is 0.102. The highest BCUT2D eigenvalue weighted by Gasteiger charge is 2.12. The fraction of sp³-hybridized carbons (Fsp3) is 0. The molecule has 0 aliphatic rings. The summed E-state index contributed by atoms with van der Waals surface area (Å²) >= 11 is 9.27. The number of carbonyl (C=O) groups is 1. The first-order valence-electron chi connectivity index (χ1n) is 5.97. The number of carbonyl (C=O) groups excluding carboxylic acids is 1. The van der Waals surface area contributed by atoms with Gasteiger partial charge >= 0.3 is 0 Å². The number of hydrogen-bond acceptors (Lipinski definition) is 1. The molecule has 1 heterocycles. The molecule has 3 nitrogen and oxygen atoms in total. The zero-order valence-corrected chi connectivity index (χ0v) is 12.6. The maximum Gasteiger partial charge on any atom is 0.257 e. The second-order valence-electron chi connectivity index (χ2n) is 4.33. The number of anilines is 1. The fourth-order valence-corrected chi connectivity index (χ4v) is 2.84. The van der Waals surface area contributed by atoms with E-state index in [1.807, 2.05) is 24.4 Å². The molecule has 3 rings (SSSR count). The van der Waals surface area contributed by atoms with Crippen LogP contribution in [0.3, 0.4) is 0 Å². The number of aromatic nitrogens is 1. The molecule has 1 amide bonds. The summed E-state index contributed by atoms with van der Waals surface area (Å²) in [6.45, 7) is 0. The van der Waals surface area contributed by atoms with Crippen LogP contribution in [0.5, 0.6) is 0 Å². The molecule has 2 N–H and O–H groups in total. The van der Waals surface area contributed by atoms with Crippen LogP contribution in [-0.2, 0) is 0 Å². The molecule has 0 atom stereocenters. The molecule has 1 aromatic heterocycles. The van der Waals surface area contributed by atoms with Crippen molar-refractivity contribution in [2.24, 2.45) is 0 Å². The van der Waals surface area contributed by atoms with Crippen LogP contribution in [0.15, 0.2) is 53.1 Å². The van der Waals surface area contributed by atoms with Crippen LogP contribution in [0.2, 0.25) is 5.02 Å². The Hall–Kier alpha value is -1.78. The van der Waals surface area contributed by atoms with Gasteiger partial charge in [-0.2, -0.15) is 0 Å². The van der Waals surface area contributed by atoms with E-state index in [1.54, 1.807) is 24.3 Å². The molecule has 3 aromatic rings. The van der Waals surface area contributed by atoms with Gasteiger partial charge in [0.05, 0.1) is 16.8 Å². The predicted molar refractivity (Wildman–Crippen MR) is 85.4 cm³/mol. The first-order valence-corrected chi connectivity index (χ1v) is 7.15. The van der Waals surface area contributed by atoms with Gasteiger partial charge in [-0.05, 0) is 46.3 Å². The molecular formula is C15H10BrClN2O. The van der Waals surface area contributed by atoms with Gasteiger partial charge in [0.15, 0.2) is 0 Å². The summed E-state index contributed by atoms with van der Waals surface area (Å²) in [6.07, 6.45) is 1.82. The summed E-state index contributed by atoms with van der Waals surface area (Å²) in [6, 6.07) is 12.8. The van der Waals surface area contributed by atoms with Crippen LogP contribution in [0.25, 0.3) is 10.9 Å². The fourth-order valence-electron chi connectivity index (χ4n) is 2.05. The topological polar surface area (TPSA) is 44.9 Å². The molecule has 0 unspecified atom stereocenters. The molecule has 0 saturated carbocycles. The van der Waals surface area contributed by atoms with Gasteiger partial charge in [-0.1, -0.05) is 23.7 Å². The van der Waals surface area contributed by atoms with Crippen LogP contribution in [0.4, 0.5) is 5.69 Å². The number of benzene rings is 2. The maximum atomic E-state index is 12.4. The van der Waals surface area contributed by atoms with Crippen molar-refractivity contribution in [3.8, 4) is 0 Å². The molecule has 0 fully saturated rings. The third-order valence-corrected chi connectivity index (χ3v) is 3.90. The van der Waals surface area contributed by atoms with Crippen LogP contribution in [0, 0.1) is 0 Å². The van der Waals surface area contributed by atoms with Crippen molar-refractivity contribution in [2.45, 2.75) is 0 Å². The summed E-state index contributed by atoms with van der Waals surface area (Å²) in [4.78, 5) is 15.5. The second kappa shape index (κ2) is 5.31. The monoisotopic (exact) mass is 348 g/mol. The number of halogens is 2. The van der Waals surface area contributed by atoms with Gasteiger partial charge in [0.1, 0.15) is 0 Å². The average molecular weight is 350 g/mol. The van der Waals surface area contributed by atoms with Crippen LogP contribution >= 0.6 is 27.5 Å². The second-order valence-corrected chi connectivity index (χ2v) is 5.62. The highest BCUT2D eigenvalue weighted by molar-refractivity contribution is 9.10. The van der Waals surface area contributed by atoms with E-state index in [-0.39, 0.29) is 5.91 Å². The Balaban J connectivity index is 1.95. The van der Waals surface area contributed by atoms with E-state index < -0.39 is 0 Å². The van der Waals surface area contributed by atoms with Gasteiger partial charge in [-0.15, -0.1) is 0 Å². The van der Waals surface area contributed by atoms with Crippen molar-refractivity contribution in [3.63, 3.8) is 0 Å². The minimum atomic E-state index is -0.166. The van der Waals surface area contributed by atoms with Gasteiger partial charge in [-0.25, -0.2) is 0 Å². The summed E-state index contributed by atoms with van der Waals surface area (Å²) in [5.41, 5.74) is 2.12. The summed E-state index contributed by atoms with van der Waals surface area (Å²) in [5.74, 6) is -0.166. The van der Waals surface area contributed by atoms with E-state index in [4.69, 9.17) is 11.6 Å². The standard InChI is InChI=1S/C15H10BrClN2O/c16-12-8-10(17)4-5-13(12)19-15(20)11-3-1-2-9-6-7-18-14(9)11/h1-8,18H,(H,19,20). The van der Waals surface area contributed by atoms with Gasteiger partial charge in [0, 0.05) is 21.1 Å². The molecule has 0 bridgehead atoms. The molecule has 20 heavy (non-hydrogen) atoms. The average Bonchev–Trinajstić information content (AvgIpc) is 2.90. The number of para-hydroxylation sites is 1. The quantitative estimate of drug-likeness (QED) is 0.683. The summed E-state index contributed by atoms with van der Waals surface area (Å²) in [7, 11) is 0. The Bertz CT molecular complexity index is 797. The SMILES string of the molecule is O=C(Nc1ccc(Cl)cc1Br)c1cccc2cc[nH]c12. The van der Waals surface area contributed by atoms with Crippen molar-refractivity contribution in [1.29, 1.82) is 0 Å². The van der Waals surface area contributed by atoms with E-state index in [0.29, 0.717) is 16.3 Å². The minimum absolute atomic E-state index is 0.166. The zero-order chi connectivity index (χ0) is 14.1. The number of fused-ring (bicyclic) bond motifs is 1. The molecule has 100 valence electrons. The van der Waals surface area contributed by atoms with Crippen molar-refractivity contribution >= 4 is 50.0 Å². The number of rotatable bonds is 2. The lowest BCUT2D eigenvalue weighted by Crippen LogP contribution is -2.12. The Morgan fingerprint density at radius 2 is 2.05 bits per heavy atom. The molecule has 2 aromatic carbocycles. The number of H-pyrrole nitrogens is 1. The Morgan fingerprint density at radius 1 is 1.20 bits per heavy atom. The van der Waals surface area contributed by atoms with E-state index in [2.05, 4.69) is 26.2 Å². The normalized spacial score (nSPS) is 10.7. The third kappa shape index (κ3) is 2.44. The van der Waals surface area contributed by atoms with E-state index in [9.17, 15) is 4.79 Å². The third-order valence-electron chi connectivity index (χ3n) is 3.01. The van der Waals surface area contributed by atoms with Crippen LogP contribution in [-0.4, -0.2) is 10.9 Å². The molecule has 5 heteroatoms. The predicted octanol–water partition coefficient (Wildman–Crippen LogP) is 4.84. The smallest absolute Gasteiger partial charge is 0.257 e. The van der Waals surface area contributed by atoms with E-state index in [1.165, 1.54) is 0 Å². The van der Waals surface area contributed by atoms with E-state index >= 15 is 0 Å². The van der Waals surface area contributed by atoms with Gasteiger partial charge in [0.25, 0.3) is 5.91 Å². The Kier molecular flexibility index (Phi) is 3.51. The molecule has 0 radical (unpaired) electrons. The van der Waals surface area contributed by atoms with Crippen LogP contribution in [0.1, 0.15) is 10.4 Å². The van der Waals surface area contributed by atoms with Gasteiger partial charge < -0.3 is 10.3 Å². The first-order chi connectivity index (χ1) is 9.65. The van der Waals surface area contributed by atoms with Crippen molar-refractivity contribution in [1.82, 2.24) is 4.98 Å². The Morgan fingerprint density at radius 3 is 2.85 bits per heavy atom. The van der Waals surface area contributed by atoms with Crippen molar-refractivity contribution in [3.05, 3.63) is 63.7 Å². The number of hydrogen-bond donors (Lipinski definition) is 2. The maximum absolute atomic E-state index is 12.4. The molecule has 0 spiro atoms. The molecule has 0 aliphatic heterocycles. The first kappa shape index (κ1) is 13.2. The molecule has 0 aliphatic carbocycles. The van der Waals surface area contributed by atoms with Gasteiger partial charge in [0.2, 0.25) is 0 Å². The number of amides is 1. The Labute approximate surface area is 129 Å². The van der Waals surface area contributed by atoms with Crippen molar-refractivity contribution in [2.75, 3.05) is 5.32 Å².